The van der Waals surface area contributed by atoms with Crippen molar-refractivity contribution in [2.45, 2.75) is 38.1 Å². The lowest BCUT2D eigenvalue weighted by atomic mass is 10.0. The van der Waals surface area contributed by atoms with Gasteiger partial charge in [-0.2, -0.15) is 0 Å². The number of anilines is 1. The second-order valence-electron chi connectivity index (χ2n) is 5.88. The number of nitrogens with one attached hydrogen (secondary N) is 2. The van der Waals surface area contributed by atoms with E-state index in [1.54, 1.807) is 0 Å². The second-order valence-corrected chi connectivity index (χ2v) is 5.88. The number of carbonyl (C=O) groups excluding carboxylic acids is 1. The van der Waals surface area contributed by atoms with Crippen molar-refractivity contribution in [3.05, 3.63) is 30.3 Å². The molecular weight excluding hydrogens is 294 g/mol. The summed E-state index contributed by atoms with van der Waals surface area (Å²) in [5, 5.41) is 14.5. The average molecular weight is 319 g/mol. The molecule has 2 rings (SSSR count). The summed E-state index contributed by atoms with van der Waals surface area (Å²) in [5.74, 6) is -0.751. The molecule has 1 aliphatic rings. The van der Waals surface area contributed by atoms with Gasteiger partial charge >= 0.3 is 12.0 Å². The first-order valence-corrected chi connectivity index (χ1v) is 8.21. The number of carboxylic acids is 1. The molecule has 1 aromatic rings. The van der Waals surface area contributed by atoms with Crippen LogP contribution in [0.15, 0.2) is 30.3 Å². The molecule has 1 atom stereocenters. The molecule has 0 spiro atoms. The Labute approximate surface area is 136 Å². The van der Waals surface area contributed by atoms with Crippen molar-refractivity contribution in [3.63, 3.8) is 0 Å². The minimum Gasteiger partial charge on any atom is -0.481 e. The number of carboxylic acid groups (broad SMARTS) is 1. The number of rotatable bonds is 7. The van der Waals surface area contributed by atoms with E-state index >= 15 is 0 Å². The monoisotopic (exact) mass is 319 g/mol. The molecule has 0 aliphatic carbocycles. The van der Waals surface area contributed by atoms with E-state index in [0.717, 1.165) is 38.0 Å². The lowest BCUT2D eigenvalue weighted by Gasteiger charge is -2.35. The fourth-order valence-electron chi connectivity index (χ4n) is 2.93. The highest BCUT2D eigenvalue weighted by molar-refractivity contribution is 5.89. The Morgan fingerprint density at radius 2 is 2.00 bits per heavy atom. The third kappa shape index (κ3) is 6.28. The highest BCUT2D eigenvalue weighted by atomic mass is 16.4. The molecule has 3 N–H and O–H groups in total. The molecule has 1 unspecified atom stereocenters. The van der Waals surface area contributed by atoms with Gasteiger partial charge in [0.1, 0.15) is 0 Å². The molecule has 23 heavy (non-hydrogen) atoms. The lowest BCUT2D eigenvalue weighted by Crippen LogP contribution is -2.47. The molecule has 1 aromatic carbocycles. The Hall–Kier alpha value is -2.08. The van der Waals surface area contributed by atoms with Crippen LogP contribution in [0.2, 0.25) is 0 Å². The fourth-order valence-corrected chi connectivity index (χ4v) is 2.93. The number of amides is 2. The first kappa shape index (κ1) is 17.3. The maximum atomic E-state index is 11.9. The van der Waals surface area contributed by atoms with E-state index < -0.39 is 5.97 Å². The molecule has 1 heterocycles. The molecule has 1 fully saturated rings. The van der Waals surface area contributed by atoms with Gasteiger partial charge < -0.3 is 15.7 Å². The van der Waals surface area contributed by atoms with Crippen molar-refractivity contribution in [3.8, 4) is 0 Å². The summed E-state index contributed by atoms with van der Waals surface area (Å²) in [7, 11) is 0. The number of nitrogens with zero attached hydrogens (tertiary/aromatic N) is 1. The predicted molar refractivity (Wildman–Crippen MR) is 89.5 cm³/mol. The number of urea groups is 1. The van der Waals surface area contributed by atoms with Crippen LogP contribution < -0.4 is 10.6 Å². The number of benzene rings is 1. The molecule has 0 saturated carbocycles. The summed E-state index contributed by atoms with van der Waals surface area (Å²) in [6.45, 7) is 2.34. The second kappa shape index (κ2) is 9.15. The number of likely N-dealkylation sites (tertiary alicyclic amines) is 1. The molecule has 0 aromatic heterocycles. The zero-order chi connectivity index (χ0) is 16.5. The van der Waals surface area contributed by atoms with E-state index in [1.807, 2.05) is 30.3 Å². The van der Waals surface area contributed by atoms with E-state index in [2.05, 4.69) is 15.5 Å². The van der Waals surface area contributed by atoms with Gasteiger partial charge in [-0.1, -0.05) is 24.6 Å². The van der Waals surface area contributed by atoms with Crippen LogP contribution in [-0.2, 0) is 4.79 Å². The summed E-state index contributed by atoms with van der Waals surface area (Å²) in [4.78, 5) is 24.9. The van der Waals surface area contributed by atoms with Gasteiger partial charge in [0.15, 0.2) is 0 Å². The first-order valence-electron chi connectivity index (χ1n) is 8.21. The molecular formula is C17H25N3O3. The first-order chi connectivity index (χ1) is 11.1. The van der Waals surface area contributed by atoms with Crippen LogP contribution in [0.25, 0.3) is 0 Å². The van der Waals surface area contributed by atoms with Crippen LogP contribution in [0.3, 0.4) is 0 Å². The zero-order valence-electron chi connectivity index (χ0n) is 13.3. The number of carbonyl (C=O) groups is 2. The van der Waals surface area contributed by atoms with Crippen molar-refractivity contribution < 1.29 is 14.7 Å². The Kier molecular flexibility index (Phi) is 6.87. The molecule has 1 aliphatic heterocycles. The van der Waals surface area contributed by atoms with E-state index in [4.69, 9.17) is 5.11 Å². The van der Waals surface area contributed by atoms with Crippen molar-refractivity contribution in [1.82, 2.24) is 10.2 Å². The third-order valence-electron chi connectivity index (χ3n) is 4.11. The van der Waals surface area contributed by atoms with E-state index in [0.29, 0.717) is 19.0 Å². The SMILES string of the molecule is O=C(O)CCCN1CCCCC1CNC(=O)Nc1ccccc1. The van der Waals surface area contributed by atoms with Crippen LogP contribution in [0.5, 0.6) is 0 Å². The zero-order valence-corrected chi connectivity index (χ0v) is 13.3. The minimum atomic E-state index is -0.751. The van der Waals surface area contributed by atoms with Crippen LogP contribution in [0.1, 0.15) is 32.1 Å². The van der Waals surface area contributed by atoms with Gasteiger partial charge in [-0.15, -0.1) is 0 Å². The maximum absolute atomic E-state index is 11.9. The van der Waals surface area contributed by atoms with E-state index in [1.165, 1.54) is 0 Å². The number of hydrogen-bond acceptors (Lipinski definition) is 3. The topological polar surface area (TPSA) is 81.7 Å². The normalized spacial score (nSPS) is 18.3. The summed E-state index contributed by atoms with van der Waals surface area (Å²) in [6, 6.07) is 9.44. The lowest BCUT2D eigenvalue weighted by molar-refractivity contribution is -0.137. The van der Waals surface area contributed by atoms with Gasteiger partial charge in [-0.3, -0.25) is 9.69 Å². The van der Waals surface area contributed by atoms with Crippen LogP contribution in [-0.4, -0.2) is 47.7 Å². The Balaban J connectivity index is 1.75. The fraction of sp³-hybridized carbons (Fsp3) is 0.529. The molecule has 0 bridgehead atoms. The molecule has 0 radical (unpaired) electrons. The van der Waals surface area contributed by atoms with Gasteiger partial charge in [0.2, 0.25) is 0 Å². The van der Waals surface area contributed by atoms with Crippen molar-refractivity contribution >= 4 is 17.7 Å². The average Bonchev–Trinajstić information content (AvgIpc) is 2.54. The van der Waals surface area contributed by atoms with Crippen LogP contribution in [0.4, 0.5) is 10.5 Å². The van der Waals surface area contributed by atoms with Crippen molar-refractivity contribution in [2.24, 2.45) is 0 Å². The molecule has 6 nitrogen and oxygen atoms in total. The van der Waals surface area contributed by atoms with Gasteiger partial charge in [0.25, 0.3) is 0 Å². The largest absolute Gasteiger partial charge is 0.481 e. The highest BCUT2D eigenvalue weighted by Gasteiger charge is 2.22. The third-order valence-corrected chi connectivity index (χ3v) is 4.11. The number of hydrogen-bond donors (Lipinski definition) is 3. The summed E-state index contributed by atoms with van der Waals surface area (Å²) >= 11 is 0. The van der Waals surface area contributed by atoms with Crippen molar-refractivity contribution in [2.75, 3.05) is 25.0 Å². The molecule has 6 heteroatoms. The van der Waals surface area contributed by atoms with Gasteiger partial charge in [0.05, 0.1) is 0 Å². The quantitative estimate of drug-likeness (QED) is 0.721. The smallest absolute Gasteiger partial charge is 0.319 e. The predicted octanol–water partition coefficient (Wildman–Crippen LogP) is 2.53. The standard InChI is InChI=1S/C17H25N3O3/c21-16(22)10-6-12-20-11-5-4-9-15(20)13-18-17(23)19-14-7-2-1-3-8-14/h1-3,7-8,15H,4-6,9-13H2,(H,21,22)(H2,18,19,23). The van der Waals surface area contributed by atoms with Gasteiger partial charge in [-0.25, -0.2) is 4.79 Å². The number of piperidine rings is 1. The summed E-state index contributed by atoms with van der Waals surface area (Å²) in [5.41, 5.74) is 0.770. The highest BCUT2D eigenvalue weighted by Crippen LogP contribution is 2.17. The van der Waals surface area contributed by atoms with Crippen LogP contribution >= 0.6 is 0 Å². The van der Waals surface area contributed by atoms with Gasteiger partial charge in [-0.05, 0) is 44.5 Å². The van der Waals surface area contributed by atoms with E-state index in [9.17, 15) is 9.59 Å². The summed E-state index contributed by atoms with van der Waals surface area (Å²) in [6.07, 6.45) is 4.19. The Bertz CT molecular complexity index is 507. The Morgan fingerprint density at radius 3 is 2.74 bits per heavy atom. The van der Waals surface area contributed by atoms with Crippen LogP contribution in [0, 0.1) is 0 Å². The molecule has 1 saturated heterocycles. The van der Waals surface area contributed by atoms with E-state index in [-0.39, 0.29) is 12.5 Å². The maximum Gasteiger partial charge on any atom is 0.319 e. The number of para-hydroxylation sites is 1. The molecule has 2 amide bonds. The summed E-state index contributed by atoms with van der Waals surface area (Å²) < 4.78 is 0. The number of aliphatic carboxylic acids is 1. The van der Waals surface area contributed by atoms with Crippen molar-refractivity contribution in [1.29, 1.82) is 0 Å². The van der Waals surface area contributed by atoms with Gasteiger partial charge in [0, 0.05) is 24.7 Å². The molecule has 126 valence electrons. The Morgan fingerprint density at radius 1 is 1.22 bits per heavy atom. The minimum absolute atomic E-state index is 0.200.